The zero-order chi connectivity index (χ0) is 17.7. The number of benzene rings is 1. The van der Waals surface area contributed by atoms with Crippen LogP contribution in [-0.2, 0) is 9.59 Å². The molecule has 1 aliphatic heterocycles. The maximum Gasteiger partial charge on any atom is 0.241 e. The van der Waals surface area contributed by atoms with Crippen molar-refractivity contribution in [2.24, 2.45) is 5.41 Å². The molecule has 0 aliphatic carbocycles. The van der Waals surface area contributed by atoms with Gasteiger partial charge in [0.15, 0.2) is 0 Å². The molecule has 0 atom stereocenters. The summed E-state index contributed by atoms with van der Waals surface area (Å²) in [5.74, 6) is 0.298. The molecule has 0 aromatic heterocycles. The van der Waals surface area contributed by atoms with Gasteiger partial charge < -0.3 is 9.80 Å². The normalized spacial score (nSPS) is 16.1. The molecular formula is C19H29N3O2. The van der Waals surface area contributed by atoms with E-state index in [1.54, 1.807) is 0 Å². The van der Waals surface area contributed by atoms with Gasteiger partial charge in [-0.15, -0.1) is 0 Å². The Hall–Kier alpha value is -1.88. The minimum atomic E-state index is -0.343. The molecule has 0 bridgehead atoms. The first-order valence-corrected chi connectivity index (χ1v) is 8.70. The molecular weight excluding hydrogens is 302 g/mol. The van der Waals surface area contributed by atoms with Crippen LogP contribution in [0, 0.1) is 5.41 Å². The predicted molar refractivity (Wildman–Crippen MR) is 96.9 cm³/mol. The van der Waals surface area contributed by atoms with Crippen molar-refractivity contribution in [2.75, 3.05) is 44.2 Å². The zero-order valence-electron chi connectivity index (χ0n) is 15.3. The summed E-state index contributed by atoms with van der Waals surface area (Å²) >= 11 is 0. The van der Waals surface area contributed by atoms with Crippen LogP contribution in [0.15, 0.2) is 30.3 Å². The van der Waals surface area contributed by atoms with Crippen molar-refractivity contribution in [1.82, 2.24) is 9.80 Å². The summed E-state index contributed by atoms with van der Waals surface area (Å²) in [5, 5.41) is 0. The van der Waals surface area contributed by atoms with Crippen molar-refractivity contribution in [3.63, 3.8) is 0 Å². The number of amides is 2. The van der Waals surface area contributed by atoms with E-state index < -0.39 is 0 Å². The van der Waals surface area contributed by atoms with Gasteiger partial charge in [-0.25, -0.2) is 0 Å². The van der Waals surface area contributed by atoms with Crippen LogP contribution in [0.5, 0.6) is 0 Å². The first kappa shape index (κ1) is 18.5. The van der Waals surface area contributed by atoms with E-state index in [2.05, 4.69) is 4.90 Å². The minimum absolute atomic E-state index is 0.110. The zero-order valence-corrected chi connectivity index (χ0v) is 15.3. The smallest absolute Gasteiger partial charge is 0.241 e. The Morgan fingerprint density at radius 1 is 1.04 bits per heavy atom. The van der Waals surface area contributed by atoms with Crippen LogP contribution in [0.4, 0.5) is 5.69 Å². The largest absolute Gasteiger partial charge is 0.340 e. The van der Waals surface area contributed by atoms with Crippen molar-refractivity contribution >= 4 is 17.5 Å². The molecule has 1 fully saturated rings. The molecule has 2 rings (SSSR count). The number of hydrogen-bond donors (Lipinski definition) is 0. The Labute approximate surface area is 145 Å². The monoisotopic (exact) mass is 331 g/mol. The fourth-order valence-electron chi connectivity index (χ4n) is 2.97. The number of anilines is 1. The van der Waals surface area contributed by atoms with Crippen molar-refractivity contribution in [2.45, 2.75) is 27.7 Å². The predicted octanol–water partition coefficient (Wildman–Crippen LogP) is 2.23. The Morgan fingerprint density at radius 2 is 1.62 bits per heavy atom. The minimum Gasteiger partial charge on any atom is -0.340 e. The van der Waals surface area contributed by atoms with E-state index in [1.807, 2.05) is 67.8 Å². The van der Waals surface area contributed by atoms with Gasteiger partial charge in [-0.3, -0.25) is 14.5 Å². The lowest BCUT2D eigenvalue weighted by Gasteiger charge is -2.38. The van der Waals surface area contributed by atoms with Crippen LogP contribution < -0.4 is 4.90 Å². The summed E-state index contributed by atoms with van der Waals surface area (Å²) in [6, 6.07) is 9.76. The average molecular weight is 331 g/mol. The number of carbonyl (C=O) groups is 2. The molecule has 0 N–H and O–H groups in total. The second kappa shape index (κ2) is 7.79. The summed E-state index contributed by atoms with van der Waals surface area (Å²) in [5.41, 5.74) is 0.594. The third-order valence-corrected chi connectivity index (χ3v) is 4.35. The molecule has 0 spiro atoms. The van der Waals surface area contributed by atoms with E-state index >= 15 is 0 Å². The number of carbonyl (C=O) groups excluding carboxylic acids is 2. The second-order valence-corrected chi connectivity index (χ2v) is 7.29. The highest BCUT2D eigenvalue weighted by atomic mass is 16.2. The van der Waals surface area contributed by atoms with Gasteiger partial charge in [-0.05, 0) is 19.1 Å². The maximum atomic E-state index is 12.6. The highest BCUT2D eigenvalue weighted by molar-refractivity contribution is 5.94. The Kier molecular flexibility index (Phi) is 5.99. The van der Waals surface area contributed by atoms with E-state index in [0.29, 0.717) is 26.2 Å². The number of rotatable bonds is 4. The first-order chi connectivity index (χ1) is 11.3. The Morgan fingerprint density at radius 3 is 2.12 bits per heavy atom. The highest BCUT2D eigenvalue weighted by Gasteiger charge is 2.30. The molecule has 1 saturated heterocycles. The molecule has 0 radical (unpaired) electrons. The van der Waals surface area contributed by atoms with Gasteiger partial charge in [0.25, 0.3) is 0 Å². The number of piperazine rings is 1. The van der Waals surface area contributed by atoms with Gasteiger partial charge in [0, 0.05) is 43.8 Å². The van der Waals surface area contributed by atoms with E-state index in [4.69, 9.17) is 0 Å². The lowest BCUT2D eigenvalue weighted by molar-refractivity contribution is -0.141. The van der Waals surface area contributed by atoms with Gasteiger partial charge in [-0.1, -0.05) is 39.0 Å². The van der Waals surface area contributed by atoms with Crippen LogP contribution in [0.2, 0.25) is 0 Å². The third kappa shape index (κ3) is 4.57. The molecule has 5 nitrogen and oxygen atoms in total. The molecule has 0 unspecified atom stereocenters. The van der Waals surface area contributed by atoms with Gasteiger partial charge >= 0.3 is 0 Å². The number of para-hydroxylation sites is 1. The molecule has 24 heavy (non-hydrogen) atoms. The fraction of sp³-hybridized carbons (Fsp3) is 0.579. The maximum absolute atomic E-state index is 12.6. The molecule has 5 heteroatoms. The molecule has 1 aromatic rings. The molecule has 1 heterocycles. The van der Waals surface area contributed by atoms with E-state index in [-0.39, 0.29) is 17.2 Å². The number of likely N-dealkylation sites (N-methyl/N-ethyl adjacent to an activating group) is 1. The van der Waals surface area contributed by atoms with Crippen LogP contribution in [0.3, 0.4) is 0 Å². The second-order valence-electron chi connectivity index (χ2n) is 7.29. The van der Waals surface area contributed by atoms with E-state index in [9.17, 15) is 9.59 Å². The van der Waals surface area contributed by atoms with Gasteiger partial charge in [-0.2, -0.15) is 0 Å². The summed E-state index contributed by atoms with van der Waals surface area (Å²) < 4.78 is 0. The van der Waals surface area contributed by atoms with Crippen molar-refractivity contribution in [3.8, 4) is 0 Å². The Balaban J connectivity index is 1.89. The van der Waals surface area contributed by atoms with Crippen LogP contribution in [0.1, 0.15) is 27.7 Å². The molecule has 0 saturated carbocycles. The standard InChI is InChI=1S/C19H29N3O2/c1-5-22(16-9-7-6-8-10-16)17(23)15-20-11-13-21(14-12-20)18(24)19(2,3)4/h6-10H,5,11-15H2,1-4H3. The average Bonchev–Trinajstić information content (AvgIpc) is 2.56. The van der Waals surface area contributed by atoms with Gasteiger partial charge in [0.2, 0.25) is 11.8 Å². The molecule has 1 aromatic carbocycles. The van der Waals surface area contributed by atoms with E-state index in [1.165, 1.54) is 0 Å². The first-order valence-electron chi connectivity index (χ1n) is 8.70. The summed E-state index contributed by atoms with van der Waals surface area (Å²) in [6.07, 6.45) is 0. The molecule has 2 amide bonds. The number of nitrogens with zero attached hydrogens (tertiary/aromatic N) is 3. The SMILES string of the molecule is CCN(C(=O)CN1CCN(C(=O)C(C)(C)C)CC1)c1ccccc1. The van der Waals surface area contributed by atoms with Gasteiger partial charge in [0.05, 0.1) is 6.54 Å². The van der Waals surface area contributed by atoms with Crippen molar-refractivity contribution in [3.05, 3.63) is 30.3 Å². The molecule has 132 valence electrons. The summed E-state index contributed by atoms with van der Waals surface area (Å²) in [4.78, 5) is 30.8. The summed E-state index contributed by atoms with van der Waals surface area (Å²) in [6.45, 7) is 11.8. The molecule has 1 aliphatic rings. The van der Waals surface area contributed by atoms with Gasteiger partial charge in [0.1, 0.15) is 0 Å². The summed E-state index contributed by atoms with van der Waals surface area (Å²) in [7, 11) is 0. The van der Waals surface area contributed by atoms with Crippen LogP contribution in [0.25, 0.3) is 0 Å². The topological polar surface area (TPSA) is 43.9 Å². The van der Waals surface area contributed by atoms with Crippen LogP contribution in [-0.4, -0.2) is 60.9 Å². The van der Waals surface area contributed by atoms with E-state index in [0.717, 1.165) is 18.8 Å². The fourth-order valence-corrected chi connectivity index (χ4v) is 2.97. The van der Waals surface area contributed by atoms with Crippen molar-refractivity contribution < 1.29 is 9.59 Å². The third-order valence-electron chi connectivity index (χ3n) is 4.35. The number of hydrogen-bond acceptors (Lipinski definition) is 3. The lowest BCUT2D eigenvalue weighted by Crippen LogP contribution is -2.53. The lowest BCUT2D eigenvalue weighted by atomic mass is 9.94. The quantitative estimate of drug-likeness (QED) is 0.850. The highest BCUT2D eigenvalue weighted by Crippen LogP contribution is 2.19. The Bertz CT molecular complexity index is 558. The van der Waals surface area contributed by atoms with Crippen LogP contribution >= 0.6 is 0 Å². The van der Waals surface area contributed by atoms with Crippen molar-refractivity contribution in [1.29, 1.82) is 0 Å².